The predicted molar refractivity (Wildman–Crippen MR) is 122 cm³/mol. The van der Waals surface area contributed by atoms with Crippen molar-refractivity contribution in [2.45, 2.75) is 6.92 Å². The van der Waals surface area contributed by atoms with Gasteiger partial charge >= 0.3 is 0 Å². The molecule has 0 bridgehead atoms. The molecule has 174 valence electrons. The number of nitrogens with zero attached hydrogens (tertiary/aromatic N) is 4. The lowest BCUT2D eigenvalue weighted by Crippen LogP contribution is -2.27. The van der Waals surface area contributed by atoms with E-state index in [9.17, 15) is 17.6 Å². The van der Waals surface area contributed by atoms with Crippen LogP contribution in [0.2, 0.25) is 0 Å². The Balaban J connectivity index is 2.04. The van der Waals surface area contributed by atoms with Crippen LogP contribution in [0, 0.1) is 12.7 Å². The number of amides is 1. The fraction of sp³-hybridized carbons (Fsp3) is 0.200. The maximum absolute atomic E-state index is 13.1. The van der Waals surface area contributed by atoms with E-state index in [-0.39, 0.29) is 17.1 Å². The van der Waals surface area contributed by atoms with Crippen LogP contribution in [-0.4, -0.2) is 49.7 Å². The number of hydrogen-bond acceptors (Lipinski definition) is 9. The van der Waals surface area contributed by atoms with Gasteiger partial charge < -0.3 is 10.6 Å². The molecule has 0 saturated heterocycles. The molecule has 0 unspecified atom stereocenters. The second kappa shape index (κ2) is 9.75. The molecule has 11 nitrogen and oxygen atoms in total. The maximum atomic E-state index is 13.1. The number of rotatable bonds is 8. The average Bonchev–Trinajstić information content (AvgIpc) is 2.76. The van der Waals surface area contributed by atoms with Gasteiger partial charge in [0.1, 0.15) is 17.5 Å². The predicted octanol–water partition coefficient (Wildman–Crippen LogP) is 2.49. The van der Waals surface area contributed by atoms with Crippen LogP contribution < -0.4 is 20.4 Å². The van der Waals surface area contributed by atoms with Gasteiger partial charge in [-0.05, 0) is 31.2 Å². The number of nitrogens with one attached hydrogen (secondary N) is 3. The van der Waals surface area contributed by atoms with E-state index in [1.165, 1.54) is 38.6 Å². The first-order valence-electron chi connectivity index (χ1n) is 9.49. The van der Waals surface area contributed by atoms with Crippen molar-refractivity contribution in [3.8, 4) is 0 Å². The molecule has 0 atom stereocenters. The highest BCUT2D eigenvalue weighted by molar-refractivity contribution is 7.92. The summed E-state index contributed by atoms with van der Waals surface area (Å²) in [4.78, 5) is 29.6. The van der Waals surface area contributed by atoms with Crippen LogP contribution in [0.4, 0.5) is 33.2 Å². The number of pyridine rings is 3. The zero-order valence-corrected chi connectivity index (χ0v) is 19.1. The highest BCUT2D eigenvalue weighted by Gasteiger charge is 2.20. The van der Waals surface area contributed by atoms with Crippen molar-refractivity contribution in [2.75, 3.05) is 35.4 Å². The molecule has 1 amide bonds. The molecular weight excluding hydrogens is 453 g/mol. The number of carbonyl (C=O) groups is 1. The number of sulfonamides is 1. The Morgan fingerprint density at radius 1 is 1.06 bits per heavy atom. The molecule has 33 heavy (non-hydrogen) atoms. The summed E-state index contributed by atoms with van der Waals surface area (Å²) in [5, 5.41) is 5.96. The molecule has 0 aliphatic heterocycles. The Hall–Kier alpha value is -3.84. The first kappa shape index (κ1) is 23.8. The molecule has 3 heterocycles. The van der Waals surface area contributed by atoms with Crippen LogP contribution in [0.25, 0.3) is 0 Å². The van der Waals surface area contributed by atoms with Gasteiger partial charge in [0, 0.05) is 25.0 Å². The number of carbonyl (C=O) groups excluding carboxylic acids is 1. The van der Waals surface area contributed by atoms with Crippen LogP contribution in [0.1, 0.15) is 16.1 Å². The van der Waals surface area contributed by atoms with Crippen molar-refractivity contribution in [3.63, 3.8) is 0 Å². The van der Waals surface area contributed by atoms with Crippen molar-refractivity contribution < 1.29 is 22.4 Å². The molecule has 0 aliphatic carbocycles. The first-order valence-corrected chi connectivity index (χ1v) is 11.3. The van der Waals surface area contributed by atoms with Gasteiger partial charge in [0.05, 0.1) is 36.5 Å². The van der Waals surface area contributed by atoms with Crippen LogP contribution in [-0.2, 0) is 14.9 Å². The average molecular weight is 476 g/mol. The van der Waals surface area contributed by atoms with E-state index >= 15 is 0 Å². The lowest BCUT2D eigenvalue weighted by Gasteiger charge is -2.21. The lowest BCUT2D eigenvalue weighted by molar-refractivity contribution is 0.0538. The third kappa shape index (κ3) is 5.90. The Bertz CT molecular complexity index is 1270. The molecule has 13 heteroatoms. The number of hydroxylamine groups is 1. The van der Waals surface area contributed by atoms with Crippen molar-refractivity contribution in [2.24, 2.45) is 0 Å². The second-order valence-corrected chi connectivity index (χ2v) is 8.93. The maximum Gasteiger partial charge on any atom is 0.278 e. The smallest absolute Gasteiger partial charge is 0.278 e. The SMILES string of the molecule is CONC(=O)c1cnc(Nc2ccc(F)cn2)cc1Nc1ccc(C)nc1N(C)S(C)(=O)=O. The Labute approximate surface area is 190 Å². The summed E-state index contributed by atoms with van der Waals surface area (Å²) in [6, 6.07) is 7.52. The molecule has 0 fully saturated rings. The molecule has 0 aromatic carbocycles. The summed E-state index contributed by atoms with van der Waals surface area (Å²) in [7, 11) is -0.942. The van der Waals surface area contributed by atoms with Crippen LogP contribution in [0.15, 0.2) is 42.7 Å². The van der Waals surface area contributed by atoms with E-state index in [4.69, 9.17) is 4.84 Å². The van der Waals surface area contributed by atoms with Gasteiger partial charge in [-0.15, -0.1) is 0 Å². The monoisotopic (exact) mass is 475 g/mol. The van der Waals surface area contributed by atoms with Gasteiger partial charge in [0.15, 0.2) is 5.82 Å². The molecule has 3 aromatic heterocycles. The van der Waals surface area contributed by atoms with Gasteiger partial charge in [-0.25, -0.2) is 33.2 Å². The third-order valence-electron chi connectivity index (χ3n) is 4.41. The van der Waals surface area contributed by atoms with E-state index in [0.29, 0.717) is 23.0 Å². The van der Waals surface area contributed by atoms with E-state index in [1.807, 2.05) is 0 Å². The van der Waals surface area contributed by atoms with Gasteiger partial charge in [-0.3, -0.25) is 13.9 Å². The van der Waals surface area contributed by atoms with Crippen LogP contribution in [0.3, 0.4) is 0 Å². The van der Waals surface area contributed by atoms with E-state index in [1.54, 1.807) is 19.1 Å². The van der Waals surface area contributed by atoms with Gasteiger partial charge in [0.25, 0.3) is 5.91 Å². The fourth-order valence-electron chi connectivity index (χ4n) is 2.72. The minimum Gasteiger partial charge on any atom is -0.352 e. The summed E-state index contributed by atoms with van der Waals surface area (Å²) in [6.45, 7) is 1.73. The summed E-state index contributed by atoms with van der Waals surface area (Å²) in [6.07, 6.45) is 3.40. The summed E-state index contributed by atoms with van der Waals surface area (Å²) < 4.78 is 38.4. The Morgan fingerprint density at radius 2 is 1.79 bits per heavy atom. The fourth-order valence-corrected chi connectivity index (χ4v) is 3.17. The molecule has 3 N–H and O–H groups in total. The first-order chi connectivity index (χ1) is 15.6. The number of aryl methyl sites for hydroxylation is 1. The molecule has 0 saturated carbocycles. The zero-order valence-electron chi connectivity index (χ0n) is 18.2. The van der Waals surface area contributed by atoms with Crippen molar-refractivity contribution in [3.05, 3.63) is 59.8 Å². The minimum atomic E-state index is -3.61. The molecule has 3 aromatic rings. The number of hydrogen-bond donors (Lipinski definition) is 3. The van der Waals surface area contributed by atoms with Crippen molar-refractivity contribution in [1.29, 1.82) is 0 Å². The van der Waals surface area contributed by atoms with Crippen LogP contribution >= 0.6 is 0 Å². The number of anilines is 5. The molecular formula is C20H22FN7O4S. The molecule has 3 rings (SSSR count). The normalized spacial score (nSPS) is 11.1. The van der Waals surface area contributed by atoms with Gasteiger partial charge in [-0.2, -0.15) is 0 Å². The Kier molecular flexibility index (Phi) is 7.04. The van der Waals surface area contributed by atoms with Crippen molar-refractivity contribution in [1.82, 2.24) is 20.4 Å². The zero-order chi connectivity index (χ0) is 24.2. The molecule has 0 spiro atoms. The van der Waals surface area contributed by atoms with E-state index < -0.39 is 21.7 Å². The number of aromatic nitrogens is 3. The van der Waals surface area contributed by atoms with Crippen molar-refractivity contribution >= 4 is 44.8 Å². The molecule has 0 radical (unpaired) electrons. The minimum absolute atomic E-state index is 0.114. The lowest BCUT2D eigenvalue weighted by atomic mass is 10.2. The van der Waals surface area contributed by atoms with E-state index in [2.05, 4.69) is 31.1 Å². The molecule has 0 aliphatic rings. The topological polar surface area (TPSA) is 138 Å². The second-order valence-electron chi connectivity index (χ2n) is 6.92. The number of halogens is 1. The summed E-state index contributed by atoms with van der Waals surface area (Å²) >= 11 is 0. The van der Waals surface area contributed by atoms with Crippen LogP contribution in [0.5, 0.6) is 0 Å². The quantitative estimate of drug-likeness (QED) is 0.419. The largest absolute Gasteiger partial charge is 0.352 e. The highest BCUT2D eigenvalue weighted by Crippen LogP contribution is 2.31. The standard InChI is InChI=1S/C20H22FN7O4S/c1-12-5-7-15(19(24-12)28(2)33(4,30)31)25-16-9-18(23-11-14(16)20(29)27-32-3)26-17-8-6-13(21)10-22-17/h5-11H,1-4H3,(H,27,29)(H2,22,23,25,26). The van der Waals surface area contributed by atoms with Gasteiger partial charge in [-0.1, -0.05) is 0 Å². The summed E-state index contributed by atoms with van der Waals surface area (Å²) in [5.41, 5.74) is 3.54. The van der Waals surface area contributed by atoms with E-state index in [0.717, 1.165) is 16.8 Å². The van der Waals surface area contributed by atoms with Gasteiger partial charge in [0.2, 0.25) is 10.0 Å². The summed E-state index contributed by atoms with van der Waals surface area (Å²) in [5.74, 6) is -0.307. The third-order valence-corrected chi connectivity index (χ3v) is 5.57. The highest BCUT2D eigenvalue weighted by atomic mass is 32.2. The Morgan fingerprint density at radius 3 is 2.42 bits per heavy atom.